The van der Waals surface area contributed by atoms with Gasteiger partial charge >= 0.3 is 0 Å². The van der Waals surface area contributed by atoms with E-state index >= 15 is 0 Å². The largest absolute Gasteiger partial charge is 0.374 e. The third-order valence-corrected chi connectivity index (χ3v) is 1.30. The second-order valence-electron chi connectivity index (χ2n) is 1.82. The molecule has 8 heavy (non-hydrogen) atoms. The molecule has 0 saturated heterocycles. The van der Waals surface area contributed by atoms with E-state index in [-0.39, 0.29) is 0 Å². The Morgan fingerprint density at radius 3 is 2.12 bits per heavy atom. The van der Waals surface area contributed by atoms with Crippen LogP contribution in [0.4, 0.5) is 0 Å². The van der Waals surface area contributed by atoms with E-state index in [9.17, 15) is 0 Å². The summed E-state index contributed by atoms with van der Waals surface area (Å²) < 4.78 is 0. The predicted octanol–water partition coefficient (Wildman–Crippen LogP) is 1.37. The van der Waals surface area contributed by atoms with Gasteiger partial charge in [0.25, 0.3) is 0 Å². The van der Waals surface area contributed by atoms with E-state index in [2.05, 4.69) is 19.2 Å². The Kier molecular flexibility index (Phi) is 4.32. The van der Waals surface area contributed by atoms with Crippen molar-refractivity contribution < 1.29 is 0 Å². The fraction of sp³-hybridized carbons (Fsp3) is 0.833. The van der Waals surface area contributed by atoms with E-state index < -0.39 is 0 Å². The van der Waals surface area contributed by atoms with Crippen LogP contribution in [0, 0.1) is 5.41 Å². The van der Waals surface area contributed by atoms with Gasteiger partial charge in [-0.05, 0) is 12.8 Å². The van der Waals surface area contributed by atoms with Gasteiger partial charge in [-0.3, -0.25) is 5.41 Å². The average molecular weight is 114 g/mol. The van der Waals surface area contributed by atoms with Gasteiger partial charge in [-0.15, -0.1) is 0 Å². The van der Waals surface area contributed by atoms with Gasteiger partial charge in [0, 0.05) is 6.04 Å². The lowest BCUT2D eigenvalue weighted by Crippen LogP contribution is -2.25. The first-order valence-electron chi connectivity index (χ1n) is 3.10. The molecule has 0 aromatic carbocycles. The summed E-state index contributed by atoms with van der Waals surface area (Å²) in [4.78, 5) is 0. The van der Waals surface area contributed by atoms with Crippen molar-refractivity contribution in [3.63, 3.8) is 0 Å². The van der Waals surface area contributed by atoms with Crippen LogP contribution in [0.3, 0.4) is 0 Å². The van der Waals surface area contributed by atoms with Crippen molar-refractivity contribution in [1.29, 1.82) is 5.41 Å². The van der Waals surface area contributed by atoms with E-state index in [4.69, 9.17) is 5.41 Å². The summed E-state index contributed by atoms with van der Waals surface area (Å²) in [6.07, 6.45) is 3.47. The van der Waals surface area contributed by atoms with Crippen LogP contribution in [0.5, 0.6) is 0 Å². The molecule has 0 bridgehead atoms. The SMILES string of the molecule is CCC(CC)NC=N. The Morgan fingerprint density at radius 1 is 1.50 bits per heavy atom. The van der Waals surface area contributed by atoms with Crippen LogP contribution in [0.25, 0.3) is 0 Å². The summed E-state index contributed by atoms with van der Waals surface area (Å²) in [5, 5.41) is 9.63. The Morgan fingerprint density at radius 2 is 2.00 bits per heavy atom. The summed E-state index contributed by atoms with van der Waals surface area (Å²) in [6, 6.07) is 0.507. The highest BCUT2D eigenvalue weighted by Gasteiger charge is 1.95. The molecule has 2 heteroatoms. The van der Waals surface area contributed by atoms with Gasteiger partial charge in [0.1, 0.15) is 0 Å². The van der Waals surface area contributed by atoms with E-state index in [0.29, 0.717) is 6.04 Å². The Hall–Kier alpha value is -0.530. The fourth-order valence-corrected chi connectivity index (χ4v) is 0.642. The van der Waals surface area contributed by atoms with Crippen LogP contribution in [-0.2, 0) is 0 Å². The lowest BCUT2D eigenvalue weighted by atomic mass is 10.2. The maximum absolute atomic E-state index is 6.70. The molecule has 0 heterocycles. The van der Waals surface area contributed by atoms with Crippen LogP contribution < -0.4 is 5.32 Å². The molecule has 0 aliphatic carbocycles. The Balaban J connectivity index is 3.20. The van der Waals surface area contributed by atoms with Crippen LogP contribution >= 0.6 is 0 Å². The molecule has 0 radical (unpaired) electrons. The molecule has 0 rings (SSSR count). The number of rotatable bonds is 4. The van der Waals surface area contributed by atoms with Gasteiger partial charge in [-0.1, -0.05) is 13.8 Å². The third kappa shape index (κ3) is 2.61. The van der Waals surface area contributed by atoms with Crippen LogP contribution in [0.15, 0.2) is 0 Å². The van der Waals surface area contributed by atoms with E-state index in [1.165, 1.54) is 6.34 Å². The van der Waals surface area contributed by atoms with Crippen molar-refractivity contribution in [2.24, 2.45) is 0 Å². The lowest BCUT2D eigenvalue weighted by Gasteiger charge is -2.09. The summed E-state index contributed by atoms with van der Waals surface area (Å²) in [6.45, 7) is 4.23. The minimum absolute atomic E-state index is 0.507. The predicted molar refractivity (Wildman–Crippen MR) is 36.3 cm³/mol. The molecule has 0 atom stereocenters. The molecule has 0 aliphatic rings. The van der Waals surface area contributed by atoms with Gasteiger partial charge in [-0.2, -0.15) is 0 Å². The maximum atomic E-state index is 6.70. The summed E-state index contributed by atoms with van der Waals surface area (Å²) >= 11 is 0. The fourth-order valence-electron chi connectivity index (χ4n) is 0.642. The molecule has 2 nitrogen and oxygen atoms in total. The second-order valence-corrected chi connectivity index (χ2v) is 1.82. The van der Waals surface area contributed by atoms with E-state index in [1.807, 2.05) is 0 Å². The smallest absolute Gasteiger partial charge is 0.0793 e. The van der Waals surface area contributed by atoms with E-state index in [0.717, 1.165) is 12.8 Å². The Bertz CT molecular complexity index is 57.5. The van der Waals surface area contributed by atoms with Gasteiger partial charge in [0.2, 0.25) is 0 Å². The third-order valence-electron chi connectivity index (χ3n) is 1.30. The molecule has 0 aliphatic heterocycles. The molecule has 48 valence electrons. The first kappa shape index (κ1) is 7.47. The highest BCUT2D eigenvalue weighted by atomic mass is 14.9. The highest BCUT2D eigenvalue weighted by molar-refractivity contribution is 5.50. The zero-order chi connectivity index (χ0) is 6.41. The Labute approximate surface area is 50.8 Å². The number of hydrogen-bond acceptors (Lipinski definition) is 1. The average Bonchev–Trinajstić information content (AvgIpc) is 1.83. The van der Waals surface area contributed by atoms with Gasteiger partial charge in [-0.25, -0.2) is 0 Å². The minimum Gasteiger partial charge on any atom is -0.374 e. The first-order chi connectivity index (χ1) is 3.85. The minimum atomic E-state index is 0.507. The van der Waals surface area contributed by atoms with Crippen LogP contribution in [-0.4, -0.2) is 12.4 Å². The summed E-state index contributed by atoms with van der Waals surface area (Å²) in [5.41, 5.74) is 0. The lowest BCUT2D eigenvalue weighted by molar-refractivity contribution is 0.574. The molecule has 2 N–H and O–H groups in total. The standard InChI is InChI=1S/C6H14N2/c1-3-6(4-2)8-5-7/h5-6H,3-4H2,1-2H3,(H2,7,8). The highest BCUT2D eigenvalue weighted by Crippen LogP contribution is 1.92. The zero-order valence-corrected chi connectivity index (χ0v) is 5.57. The van der Waals surface area contributed by atoms with Gasteiger partial charge in [0.15, 0.2) is 0 Å². The molecule has 0 spiro atoms. The van der Waals surface area contributed by atoms with Crippen LogP contribution in [0.1, 0.15) is 26.7 Å². The van der Waals surface area contributed by atoms with E-state index in [1.54, 1.807) is 0 Å². The number of hydrogen-bond donors (Lipinski definition) is 2. The molecule has 0 unspecified atom stereocenters. The van der Waals surface area contributed by atoms with Crippen LogP contribution in [0.2, 0.25) is 0 Å². The first-order valence-corrected chi connectivity index (χ1v) is 3.10. The normalized spacial score (nSPS) is 9.38. The van der Waals surface area contributed by atoms with Crippen molar-refractivity contribution in [2.75, 3.05) is 0 Å². The summed E-state index contributed by atoms with van der Waals surface area (Å²) in [7, 11) is 0. The topological polar surface area (TPSA) is 35.9 Å². The van der Waals surface area contributed by atoms with Gasteiger partial charge < -0.3 is 5.32 Å². The molecule has 0 aromatic rings. The molecule has 0 saturated carbocycles. The molecule has 0 fully saturated rings. The van der Waals surface area contributed by atoms with Crippen molar-refractivity contribution in [2.45, 2.75) is 32.7 Å². The van der Waals surface area contributed by atoms with Crippen molar-refractivity contribution >= 4 is 6.34 Å². The summed E-state index contributed by atoms with van der Waals surface area (Å²) in [5.74, 6) is 0. The quantitative estimate of drug-likeness (QED) is 0.420. The zero-order valence-electron chi connectivity index (χ0n) is 5.57. The maximum Gasteiger partial charge on any atom is 0.0793 e. The second kappa shape index (κ2) is 4.62. The molecule has 0 amide bonds. The molecular formula is C6H14N2. The molecular weight excluding hydrogens is 100 g/mol. The molecule has 0 aromatic heterocycles. The number of nitrogens with one attached hydrogen (secondary N) is 2. The monoisotopic (exact) mass is 114 g/mol. The van der Waals surface area contributed by atoms with Crippen molar-refractivity contribution in [3.8, 4) is 0 Å². The van der Waals surface area contributed by atoms with Crippen molar-refractivity contribution in [3.05, 3.63) is 0 Å². The van der Waals surface area contributed by atoms with Gasteiger partial charge in [0.05, 0.1) is 6.34 Å². The van der Waals surface area contributed by atoms with Crippen molar-refractivity contribution in [1.82, 2.24) is 5.32 Å².